The molecule has 0 spiro atoms. The van der Waals surface area contributed by atoms with Crippen LogP contribution in [0.2, 0.25) is 0 Å². The van der Waals surface area contributed by atoms with E-state index in [1.165, 1.54) is 22.8 Å². The highest BCUT2D eigenvalue weighted by Gasteiger charge is 2.20. The van der Waals surface area contributed by atoms with Gasteiger partial charge in [-0.2, -0.15) is 0 Å². The van der Waals surface area contributed by atoms with Gasteiger partial charge in [-0.05, 0) is 55.3 Å². The molecule has 9 heteroatoms. The number of amides is 1. The smallest absolute Gasteiger partial charge is 0.263 e. The third-order valence-electron chi connectivity index (χ3n) is 6.14. The number of fused-ring (bicyclic) bond motifs is 1. The summed E-state index contributed by atoms with van der Waals surface area (Å²) < 4.78 is 16.2. The summed E-state index contributed by atoms with van der Waals surface area (Å²) in [6, 6.07) is 13.4. The molecule has 0 aliphatic carbocycles. The van der Waals surface area contributed by atoms with E-state index in [9.17, 15) is 14.0 Å². The van der Waals surface area contributed by atoms with Gasteiger partial charge in [0, 0.05) is 23.5 Å². The minimum absolute atomic E-state index is 0.0307. The average molecular weight is 499 g/mol. The number of carbonyl (C=O) groups is 1. The SMILES string of the molecule is C=N/C(NCc1cc2cccc(C)c2c(=O)n1-c1ccccc1F)=C(\C(=C)N)C(=N)/C=C1/CCNC1=O. The van der Waals surface area contributed by atoms with Crippen LogP contribution in [0.25, 0.3) is 16.5 Å². The Morgan fingerprint density at radius 3 is 2.68 bits per heavy atom. The van der Waals surface area contributed by atoms with E-state index in [1.54, 1.807) is 18.2 Å². The molecule has 0 saturated carbocycles. The van der Waals surface area contributed by atoms with Crippen LogP contribution in [0.15, 0.2) is 93.6 Å². The number of nitrogens with zero attached hydrogens (tertiary/aromatic N) is 2. The second-order valence-corrected chi connectivity index (χ2v) is 8.62. The standard InChI is InChI=1S/C28H27FN6O2/c1-16-7-6-8-18-13-20(35(28(37)24(16)18)23-10-5-4-9-21(23)29)15-34-26(32-3)25(17(2)30)22(31)14-19-11-12-33-27(19)36/h4-10,13-14,31,34H,2-3,11-12,15,30H2,1H3,(H,33,36)/b19-14-,26-25-,31-22?. The lowest BCUT2D eigenvalue weighted by atomic mass is 10.0. The zero-order valence-corrected chi connectivity index (χ0v) is 20.4. The molecule has 0 atom stereocenters. The van der Waals surface area contributed by atoms with Gasteiger partial charge in [0.05, 0.1) is 28.9 Å². The van der Waals surface area contributed by atoms with Gasteiger partial charge in [0.25, 0.3) is 5.56 Å². The topological polar surface area (TPSA) is 125 Å². The molecule has 188 valence electrons. The number of allylic oxidation sites excluding steroid dienone is 2. The van der Waals surface area contributed by atoms with Crippen molar-refractivity contribution in [2.75, 3.05) is 6.54 Å². The van der Waals surface area contributed by atoms with E-state index in [1.807, 2.05) is 25.1 Å². The minimum Gasteiger partial charge on any atom is -0.399 e. The van der Waals surface area contributed by atoms with Crippen LogP contribution in [0.4, 0.5) is 4.39 Å². The first-order valence-electron chi connectivity index (χ1n) is 11.6. The summed E-state index contributed by atoms with van der Waals surface area (Å²) in [6.45, 7) is 9.70. The van der Waals surface area contributed by atoms with E-state index in [4.69, 9.17) is 11.1 Å². The van der Waals surface area contributed by atoms with E-state index in [0.29, 0.717) is 35.0 Å². The quantitative estimate of drug-likeness (QED) is 0.216. The second-order valence-electron chi connectivity index (χ2n) is 8.62. The predicted molar refractivity (Wildman–Crippen MR) is 144 cm³/mol. The lowest BCUT2D eigenvalue weighted by Crippen LogP contribution is -2.27. The predicted octanol–water partition coefficient (Wildman–Crippen LogP) is 3.38. The maximum Gasteiger partial charge on any atom is 0.263 e. The van der Waals surface area contributed by atoms with Gasteiger partial charge >= 0.3 is 0 Å². The summed E-state index contributed by atoms with van der Waals surface area (Å²) in [5.74, 6) is -0.645. The van der Waals surface area contributed by atoms with Crippen molar-refractivity contribution < 1.29 is 9.18 Å². The molecule has 0 bridgehead atoms. The molecule has 1 aromatic heterocycles. The van der Waals surface area contributed by atoms with Crippen molar-refractivity contribution >= 4 is 29.1 Å². The Balaban J connectivity index is 1.82. The lowest BCUT2D eigenvalue weighted by Gasteiger charge is -2.18. The molecule has 37 heavy (non-hydrogen) atoms. The minimum atomic E-state index is -0.546. The highest BCUT2D eigenvalue weighted by Crippen LogP contribution is 2.22. The number of aromatic nitrogens is 1. The number of rotatable bonds is 8. The van der Waals surface area contributed by atoms with E-state index < -0.39 is 5.82 Å². The van der Waals surface area contributed by atoms with E-state index in [-0.39, 0.29) is 46.5 Å². The Kier molecular flexibility index (Phi) is 7.15. The van der Waals surface area contributed by atoms with Crippen LogP contribution in [0, 0.1) is 18.2 Å². The Bertz CT molecular complexity index is 1580. The molecule has 1 amide bonds. The highest BCUT2D eigenvalue weighted by molar-refractivity contribution is 6.13. The first-order valence-corrected chi connectivity index (χ1v) is 11.6. The van der Waals surface area contributed by atoms with Gasteiger partial charge < -0.3 is 21.8 Å². The molecule has 1 saturated heterocycles. The lowest BCUT2D eigenvalue weighted by molar-refractivity contribution is -0.116. The number of pyridine rings is 1. The average Bonchev–Trinajstić information content (AvgIpc) is 3.26. The van der Waals surface area contributed by atoms with Crippen LogP contribution in [0.5, 0.6) is 0 Å². The van der Waals surface area contributed by atoms with Crippen LogP contribution < -0.4 is 21.9 Å². The monoisotopic (exact) mass is 498 g/mol. The summed E-state index contributed by atoms with van der Waals surface area (Å²) in [5, 5.41) is 15.5. The fourth-order valence-corrected chi connectivity index (χ4v) is 4.39. The Morgan fingerprint density at radius 1 is 1.27 bits per heavy atom. The summed E-state index contributed by atoms with van der Waals surface area (Å²) in [5.41, 5.74) is 7.58. The molecular weight excluding hydrogens is 471 g/mol. The van der Waals surface area contributed by atoms with Crippen molar-refractivity contribution in [3.63, 3.8) is 0 Å². The zero-order chi connectivity index (χ0) is 26.7. The van der Waals surface area contributed by atoms with Crippen LogP contribution in [-0.2, 0) is 11.3 Å². The molecule has 0 unspecified atom stereocenters. The number of hydrogen-bond donors (Lipinski definition) is 4. The van der Waals surface area contributed by atoms with Crippen LogP contribution >= 0.6 is 0 Å². The molecule has 8 nitrogen and oxygen atoms in total. The fourth-order valence-electron chi connectivity index (χ4n) is 4.39. The van der Waals surface area contributed by atoms with Crippen molar-refractivity contribution in [3.05, 3.63) is 111 Å². The molecule has 2 heterocycles. The molecule has 3 aromatic rings. The van der Waals surface area contributed by atoms with Gasteiger partial charge in [0.1, 0.15) is 11.6 Å². The summed E-state index contributed by atoms with van der Waals surface area (Å²) in [4.78, 5) is 29.6. The van der Waals surface area contributed by atoms with E-state index in [2.05, 4.69) is 28.9 Å². The maximum absolute atomic E-state index is 14.9. The van der Waals surface area contributed by atoms with Gasteiger partial charge in [-0.1, -0.05) is 36.9 Å². The van der Waals surface area contributed by atoms with Gasteiger partial charge in [0.2, 0.25) is 5.91 Å². The Hall–Kier alpha value is -4.79. The summed E-state index contributed by atoms with van der Waals surface area (Å²) >= 11 is 0. The largest absolute Gasteiger partial charge is 0.399 e. The van der Waals surface area contributed by atoms with Gasteiger partial charge in [0.15, 0.2) is 0 Å². The Labute approximate surface area is 213 Å². The molecule has 5 N–H and O–H groups in total. The van der Waals surface area contributed by atoms with Crippen molar-refractivity contribution in [2.45, 2.75) is 19.9 Å². The third-order valence-corrected chi connectivity index (χ3v) is 6.14. The normalized spacial score (nSPS) is 14.9. The number of halogens is 1. The zero-order valence-electron chi connectivity index (χ0n) is 20.4. The third kappa shape index (κ3) is 4.97. The molecule has 0 radical (unpaired) electrons. The number of aryl methyl sites for hydroxylation is 1. The maximum atomic E-state index is 14.9. The van der Waals surface area contributed by atoms with Gasteiger partial charge in [-0.3, -0.25) is 14.2 Å². The number of carbonyl (C=O) groups excluding carboxylic acids is 1. The van der Waals surface area contributed by atoms with Crippen LogP contribution in [0.3, 0.4) is 0 Å². The van der Waals surface area contributed by atoms with Crippen molar-refractivity contribution in [3.8, 4) is 5.69 Å². The highest BCUT2D eigenvalue weighted by atomic mass is 19.1. The number of hydrogen-bond acceptors (Lipinski definition) is 6. The number of para-hydroxylation sites is 1. The molecule has 4 rings (SSSR count). The van der Waals surface area contributed by atoms with Gasteiger partial charge in [-0.25, -0.2) is 9.38 Å². The van der Waals surface area contributed by atoms with E-state index in [0.717, 1.165) is 5.56 Å². The number of nitrogens with one attached hydrogen (secondary N) is 3. The van der Waals surface area contributed by atoms with Crippen molar-refractivity contribution in [1.29, 1.82) is 5.41 Å². The first kappa shape index (κ1) is 25.3. The second kappa shape index (κ2) is 10.4. The van der Waals surface area contributed by atoms with Crippen molar-refractivity contribution in [1.82, 2.24) is 15.2 Å². The molecule has 1 aliphatic heterocycles. The van der Waals surface area contributed by atoms with Crippen molar-refractivity contribution in [2.24, 2.45) is 10.7 Å². The summed E-state index contributed by atoms with van der Waals surface area (Å²) in [6.07, 6.45) is 1.91. The first-order chi connectivity index (χ1) is 17.7. The molecular formula is C28H27FN6O2. The molecule has 1 fully saturated rings. The number of benzene rings is 2. The molecule has 1 aliphatic rings. The molecule has 2 aromatic carbocycles. The Morgan fingerprint density at radius 2 is 2.03 bits per heavy atom. The van der Waals surface area contributed by atoms with Crippen LogP contribution in [0.1, 0.15) is 17.7 Å². The summed E-state index contributed by atoms with van der Waals surface area (Å²) in [7, 11) is 0. The van der Waals surface area contributed by atoms with Gasteiger partial charge in [-0.15, -0.1) is 0 Å². The number of aliphatic imine (C=N–C) groups is 1. The number of nitrogens with two attached hydrogens (primary N) is 1. The van der Waals surface area contributed by atoms with E-state index >= 15 is 0 Å². The van der Waals surface area contributed by atoms with Crippen LogP contribution in [-0.4, -0.2) is 29.4 Å². The fraction of sp³-hybridized carbons (Fsp3) is 0.143.